The number of aromatic nitrogens is 2. The van der Waals surface area contributed by atoms with Gasteiger partial charge in [0.15, 0.2) is 10.8 Å². The lowest BCUT2D eigenvalue weighted by Crippen LogP contribution is -2.17. The summed E-state index contributed by atoms with van der Waals surface area (Å²) in [7, 11) is 0. The van der Waals surface area contributed by atoms with Gasteiger partial charge >= 0.3 is 0 Å². The van der Waals surface area contributed by atoms with Crippen LogP contribution in [0.25, 0.3) is 10.8 Å². The van der Waals surface area contributed by atoms with Gasteiger partial charge in [-0.3, -0.25) is 14.8 Å². The lowest BCUT2D eigenvalue weighted by Gasteiger charge is -2.01. The number of hydrogen-bond donors (Lipinski definition) is 3. The standard InChI is InChI=1S/C15H20N4O4S/c1-10-8-9-11(23-10)14-17-18-15(24-14)16-12(20)6-4-2-3-5-7-13(21)19-22/h8-9,22H,2-7H2,1H3,(H,19,21)(H,16,18,20). The van der Waals surface area contributed by atoms with E-state index in [1.54, 1.807) is 5.48 Å². The van der Waals surface area contributed by atoms with Crippen LogP contribution in [0.3, 0.4) is 0 Å². The molecule has 2 heterocycles. The molecule has 0 radical (unpaired) electrons. The lowest BCUT2D eigenvalue weighted by atomic mass is 10.1. The Bertz CT molecular complexity index is 683. The second kappa shape index (κ2) is 9.14. The third-order valence-electron chi connectivity index (χ3n) is 3.30. The molecule has 0 spiro atoms. The molecule has 0 unspecified atom stereocenters. The minimum Gasteiger partial charge on any atom is -0.459 e. The normalized spacial score (nSPS) is 10.6. The van der Waals surface area contributed by atoms with Gasteiger partial charge in [-0.2, -0.15) is 0 Å². The van der Waals surface area contributed by atoms with Crippen LogP contribution in [0.5, 0.6) is 0 Å². The van der Waals surface area contributed by atoms with E-state index in [-0.39, 0.29) is 11.8 Å². The summed E-state index contributed by atoms with van der Waals surface area (Å²) in [6.07, 6.45) is 3.79. The maximum absolute atomic E-state index is 11.9. The number of rotatable bonds is 9. The number of carbonyl (C=O) groups is 2. The van der Waals surface area contributed by atoms with Gasteiger partial charge in [0.1, 0.15) is 5.76 Å². The highest BCUT2D eigenvalue weighted by Crippen LogP contribution is 2.27. The third-order valence-corrected chi connectivity index (χ3v) is 4.16. The SMILES string of the molecule is Cc1ccc(-c2nnc(NC(=O)CCCCCCC(=O)NO)s2)o1. The van der Waals surface area contributed by atoms with Gasteiger partial charge in [-0.25, -0.2) is 5.48 Å². The Morgan fingerprint density at radius 1 is 1.12 bits per heavy atom. The topological polar surface area (TPSA) is 117 Å². The molecular formula is C15H20N4O4S. The predicted molar refractivity (Wildman–Crippen MR) is 88.6 cm³/mol. The molecule has 0 fully saturated rings. The van der Waals surface area contributed by atoms with Gasteiger partial charge in [0, 0.05) is 12.8 Å². The first-order chi connectivity index (χ1) is 11.6. The number of nitrogens with one attached hydrogen (secondary N) is 2. The van der Waals surface area contributed by atoms with Crippen molar-refractivity contribution in [2.24, 2.45) is 0 Å². The van der Waals surface area contributed by atoms with Crippen molar-refractivity contribution < 1.29 is 19.2 Å². The molecule has 9 heteroatoms. The maximum atomic E-state index is 11.9. The zero-order valence-corrected chi connectivity index (χ0v) is 14.2. The number of anilines is 1. The highest BCUT2D eigenvalue weighted by molar-refractivity contribution is 7.18. The number of carbonyl (C=O) groups excluding carboxylic acids is 2. The fourth-order valence-corrected chi connectivity index (χ4v) is 2.81. The molecule has 0 bridgehead atoms. The Labute approximate surface area is 143 Å². The Morgan fingerprint density at radius 2 is 1.83 bits per heavy atom. The molecule has 2 aromatic heterocycles. The number of unbranched alkanes of at least 4 members (excludes halogenated alkanes) is 3. The monoisotopic (exact) mass is 352 g/mol. The molecule has 2 amide bonds. The van der Waals surface area contributed by atoms with Crippen molar-refractivity contribution in [1.29, 1.82) is 0 Å². The van der Waals surface area contributed by atoms with Gasteiger partial charge in [-0.1, -0.05) is 24.2 Å². The Balaban J connectivity index is 1.66. The van der Waals surface area contributed by atoms with Crippen molar-refractivity contribution in [3.8, 4) is 10.8 Å². The number of nitrogens with zero attached hydrogens (tertiary/aromatic N) is 2. The van der Waals surface area contributed by atoms with Crippen molar-refractivity contribution in [3.05, 3.63) is 17.9 Å². The average molecular weight is 352 g/mol. The molecule has 2 aromatic rings. The summed E-state index contributed by atoms with van der Waals surface area (Å²) in [6.45, 7) is 1.85. The number of furan rings is 1. The molecule has 24 heavy (non-hydrogen) atoms. The van der Waals surface area contributed by atoms with E-state index in [1.807, 2.05) is 19.1 Å². The first kappa shape index (κ1) is 18.1. The summed E-state index contributed by atoms with van der Waals surface area (Å²) in [5, 5.41) is 20.1. The highest BCUT2D eigenvalue weighted by atomic mass is 32.1. The summed E-state index contributed by atoms with van der Waals surface area (Å²) in [5.41, 5.74) is 1.60. The fourth-order valence-electron chi connectivity index (χ4n) is 2.09. The molecule has 0 aliphatic rings. The van der Waals surface area contributed by atoms with E-state index in [1.165, 1.54) is 11.3 Å². The lowest BCUT2D eigenvalue weighted by molar-refractivity contribution is -0.129. The second-order valence-electron chi connectivity index (χ2n) is 5.32. The molecule has 0 aliphatic heterocycles. The van der Waals surface area contributed by atoms with Crippen molar-refractivity contribution in [2.45, 2.75) is 45.4 Å². The van der Waals surface area contributed by atoms with Crippen LogP contribution in [0.1, 0.15) is 44.3 Å². The third kappa shape index (κ3) is 5.74. The summed E-state index contributed by atoms with van der Waals surface area (Å²) in [5.74, 6) is 0.938. The molecule has 8 nitrogen and oxygen atoms in total. The smallest absolute Gasteiger partial charge is 0.243 e. The average Bonchev–Trinajstić information content (AvgIpc) is 3.19. The Morgan fingerprint density at radius 3 is 2.46 bits per heavy atom. The van der Waals surface area contributed by atoms with Crippen LogP contribution in [-0.4, -0.2) is 27.2 Å². The van der Waals surface area contributed by atoms with Crippen LogP contribution in [0.2, 0.25) is 0 Å². The van der Waals surface area contributed by atoms with Gasteiger partial charge in [0.25, 0.3) is 0 Å². The van der Waals surface area contributed by atoms with Gasteiger partial charge in [-0.05, 0) is 31.9 Å². The number of aryl methyl sites for hydroxylation is 1. The van der Waals surface area contributed by atoms with Gasteiger partial charge in [-0.15, -0.1) is 10.2 Å². The Kier molecular flexibility index (Phi) is 6.89. The van der Waals surface area contributed by atoms with E-state index in [0.717, 1.165) is 25.0 Å². The largest absolute Gasteiger partial charge is 0.459 e. The van der Waals surface area contributed by atoms with Crippen LogP contribution < -0.4 is 10.8 Å². The van der Waals surface area contributed by atoms with Crippen LogP contribution in [0.15, 0.2) is 16.5 Å². The molecule has 3 N–H and O–H groups in total. The quantitative estimate of drug-likeness (QED) is 0.363. The molecular weight excluding hydrogens is 332 g/mol. The fraction of sp³-hybridized carbons (Fsp3) is 0.467. The van der Waals surface area contributed by atoms with E-state index >= 15 is 0 Å². The minimum atomic E-state index is -0.383. The molecule has 0 atom stereocenters. The summed E-state index contributed by atoms with van der Waals surface area (Å²) >= 11 is 1.26. The van der Waals surface area contributed by atoms with Crippen molar-refractivity contribution in [2.75, 3.05) is 5.32 Å². The Hall–Kier alpha value is -2.26. The molecule has 2 rings (SSSR count). The molecule has 0 saturated carbocycles. The van der Waals surface area contributed by atoms with Gasteiger partial charge < -0.3 is 9.73 Å². The number of amides is 2. The zero-order valence-electron chi connectivity index (χ0n) is 13.4. The van der Waals surface area contributed by atoms with Crippen LogP contribution in [-0.2, 0) is 9.59 Å². The predicted octanol–water partition coefficient (Wildman–Crippen LogP) is 2.89. The van der Waals surface area contributed by atoms with E-state index in [9.17, 15) is 9.59 Å². The van der Waals surface area contributed by atoms with E-state index in [4.69, 9.17) is 9.62 Å². The summed E-state index contributed by atoms with van der Waals surface area (Å²) < 4.78 is 5.47. The molecule has 0 aliphatic carbocycles. The number of hydrogen-bond acceptors (Lipinski definition) is 7. The minimum absolute atomic E-state index is 0.110. The van der Waals surface area contributed by atoms with Crippen molar-refractivity contribution in [1.82, 2.24) is 15.7 Å². The second-order valence-corrected chi connectivity index (χ2v) is 6.30. The summed E-state index contributed by atoms with van der Waals surface area (Å²) in [4.78, 5) is 22.7. The zero-order chi connectivity index (χ0) is 17.4. The van der Waals surface area contributed by atoms with Crippen LogP contribution >= 0.6 is 11.3 Å². The molecule has 130 valence electrons. The van der Waals surface area contributed by atoms with E-state index in [2.05, 4.69) is 15.5 Å². The van der Waals surface area contributed by atoms with Crippen molar-refractivity contribution in [3.63, 3.8) is 0 Å². The molecule has 0 aromatic carbocycles. The van der Waals surface area contributed by atoms with E-state index in [0.29, 0.717) is 35.2 Å². The van der Waals surface area contributed by atoms with Crippen LogP contribution in [0, 0.1) is 6.92 Å². The van der Waals surface area contributed by atoms with Gasteiger partial charge in [0.2, 0.25) is 16.9 Å². The van der Waals surface area contributed by atoms with Gasteiger partial charge in [0.05, 0.1) is 0 Å². The first-order valence-electron chi connectivity index (χ1n) is 7.71. The van der Waals surface area contributed by atoms with Crippen molar-refractivity contribution >= 4 is 28.3 Å². The van der Waals surface area contributed by atoms with E-state index < -0.39 is 0 Å². The van der Waals surface area contributed by atoms with Crippen LogP contribution in [0.4, 0.5) is 5.13 Å². The first-order valence-corrected chi connectivity index (χ1v) is 8.53. The summed E-state index contributed by atoms with van der Waals surface area (Å²) in [6, 6.07) is 3.66. The highest BCUT2D eigenvalue weighted by Gasteiger charge is 2.12. The maximum Gasteiger partial charge on any atom is 0.243 e. The molecule has 0 saturated heterocycles. The number of hydroxylamine groups is 1.